The Balaban J connectivity index is 1.53. The van der Waals surface area contributed by atoms with Crippen molar-refractivity contribution in [3.8, 4) is 0 Å². The molecule has 0 bridgehead atoms. The van der Waals surface area contributed by atoms with E-state index >= 15 is 0 Å². The van der Waals surface area contributed by atoms with E-state index in [2.05, 4.69) is 16.0 Å². The number of nitrogens with zero attached hydrogens (tertiary/aromatic N) is 2. The zero-order valence-corrected chi connectivity index (χ0v) is 13.8. The van der Waals surface area contributed by atoms with E-state index in [-0.39, 0.29) is 6.17 Å². The van der Waals surface area contributed by atoms with Crippen LogP contribution in [-0.4, -0.2) is 37.1 Å². The van der Waals surface area contributed by atoms with Crippen LogP contribution < -0.4 is 16.0 Å². The Bertz CT molecular complexity index is 632. The molecule has 4 rings (SSSR count). The first-order chi connectivity index (χ1) is 11.3. The van der Waals surface area contributed by atoms with Gasteiger partial charge < -0.3 is 16.0 Å². The molecular weight excluding hydrogens is 310 g/mol. The number of halogens is 1. The number of amidine groups is 1. The molecule has 2 atom stereocenters. The van der Waals surface area contributed by atoms with Crippen molar-refractivity contribution in [3.63, 3.8) is 0 Å². The zero-order valence-electron chi connectivity index (χ0n) is 13.1. The molecule has 6 heteroatoms. The summed E-state index contributed by atoms with van der Waals surface area (Å²) in [4.78, 5) is 9.58. The molecule has 23 heavy (non-hydrogen) atoms. The van der Waals surface area contributed by atoms with Crippen LogP contribution in [0.5, 0.6) is 0 Å². The van der Waals surface area contributed by atoms with Gasteiger partial charge in [-0.25, -0.2) is 9.98 Å². The molecule has 3 aliphatic rings. The van der Waals surface area contributed by atoms with Crippen LogP contribution in [-0.2, 0) is 0 Å². The third-order valence-electron chi connectivity index (χ3n) is 4.54. The Morgan fingerprint density at radius 1 is 1.17 bits per heavy atom. The van der Waals surface area contributed by atoms with Crippen LogP contribution in [0, 0.1) is 5.92 Å². The molecule has 2 unspecified atom stereocenters. The first-order valence-corrected chi connectivity index (χ1v) is 8.81. The molecule has 1 aliphatic carbocycles. The highest BCUT2D eigenvalue weighted by atomic mass is 35.5. The summed E-state index contributed by atoms with van der Waals surface area (Å²) >= 11 is 6.13. The van der Waals surface area contributed by atoms with Gasteiger partial charge in [0.25, 0.3) is 0 Å². The van der Waals surface area contributed by atoms with E-state index in [0.717, 1.165) is 35.5 Å². The molecule has 122 valence electrons. The van der Waals surface area contributed by atoms with E-state index in [1.165, 1.54) is 25.7 Å². The molecule has 2 heterocycles. The summed E-state index contributed by atoms with van der Waals surface area (Å²) in [7, 11) is 0. The van der Waals surface area contributed by atoms with Gasteiger partial charge in [0, 0.05) is 29.1 Å². The van der Waals surface area contributed by atoms with Gasteiger partial charge in [0.15, 0.2) is 5.96 Å². The summed E-state index contributed by atoms with van der Waals surface area (Å²) in [5.74, 6) is 2.30. The maximum absolute atomic E-state index is 6.13. The van der Waals surface area contributed by atoms with Gasteiger partial charge in [0.2, 0.25) is 0 Å². The summed E-state index contributed by atoms with van der Waals surface area (Å²) < 4.78 is 0. The van der Waals surface area contributed by atoms with Gasteiger partial charge in [0.1, 0.15) is 12.0 Å². The van der Waals surface area contributed by atoms with Crippen LogP contribution >= 0.6 is 11.6 Å². The van der Waals surface area contributed by atoms with Crippen molar-refractivity contribution in [2.75, 3.05) is 13.1 Å². The van der Waals surface area contributed by atoms with E-state index in [9.17, 15) is 0 Å². The normalized spacial score (nSPS) is 27.7. The molecule has 0 spiro atoms. The molecule has 1 aromatic carbocycles. The molecule has 2 aliphatic heterocycles. The molecule has 0 aromatic heterocycles. The van der Waals surface area contributed by atoms with Crippen molar-refractivity contribution in [2.45, 2.75) is 37.9 Å². The second kappa shape index (κ2) is 6.49. The van der Waals surface area contributed by atoms with Gasteiger partial charge in [-0.1, -0.05) is 23.7 Å². The van der Waals surface area contributed by atoms with Crippen LogP contribution in [0.4, 0.5) is 0 Å². The lowest BCUT2D eigenvalue weighted by Crippen LogP contribution is -2.53. The molecule has 1 saturated heterocycles. The molecule has 1 saturated carbocycles. The van der Waals surface area contributed by atoms with E-state index in [4.69, 9.17) is 21.6 Å². The Labute approximate surface area is 141 Å². The van der Waals surface area contributed by atoms with E-state index in [1.807, 2.05) is 24.3 Å². The van der Waals surface area contributed by atoms with E-state index < -0.39 is 0 Å². The van der Waals surface area contributed by atoms with Crippen molar-refractivity contribution in [2.24, 2.45) is 15.9 Å². The maximum Gasteiger partial charge on any atom is 0.199 e. The lowest BCUT2D eigenvalue weighted by atomic mass is 10.1. The van der Waals surface area contributed by atoms with Crippen LogP contribution in [0.15, 0.2) is 34.3 Å². The number of guanidine groups is 1. The number of nitrogens with one attached hydrogen (secondary N) is 3. The SMILES string of the molecule is Clc1cccc(C2=NC(C3CC3)N=C(NC3CCCNC3)N2)c1. The third-order valence-corrected chi connectivity index (χ3v) is 4.77. The molecule has 3 N–H and O–H groups in total. The van der Waals surface area contributed by atoms with Crippen LogP contribution in [0.1, 0.15) is 31.2 Å². The largest absolute Gasteiger partial charge is 0.352 e. The predicted octanol–water partition coefficient (Wildman–Crippen LogP) is 2.12. The molecular formula is C17H22ClN5. The standard InChI is InChI=1S/C17H22ClN5/c18-13-4-1-3-12(9-13)16-21-15(11-6-7-11)22-17(23-16)20-14-5-2-8-19-10-14/h1,3-4,9,11,14-15,19H,2,5-8,10H2,(H2,20,21,22,23). The average Bonchev–Trinajstić information content (AvgIpc) is 3.40. The van der Waals surface area contributed by atoms with Crippen LogP contribution in [0.25, 0.3) is 0 Å². The number of hydrogen-bond acceptors (Lipinski definition) is 5. The minimum Gasteiger partial charge on any atom is -0.352 e. The van der Waals surface area contributed by atoms with Crippen LogP contribution in [0.3, 0.4) is 0 Å². The van der Waals surface area contributed by atoms with Crippen molar-refractivity contribution in [1.29, 1.82) is 0 Å². The fraction of sp³-hybridized carbons (Fsp3) is 0.529. The topological polar surface area (TPSA) is 60.8 Å². The number of aliphatic imine (C=N–C) groups is 2. The molecule has 0 radical (unpaired) electrons. The first-order valence-electron chi connectivity index (χ1n) is 8.44. The maximum atomic E-state index is 6.13. The van der Waals surface area contributed by atoms with E-state index in [1.54, 1.807) is 0 Å². The van der Waals surface area contributed by atoms with Gasteiger partial charge in [-0.15, -0.1) is 0 Å². The second-order valence-corrected chi connectivity index (χ2v) is 6.97. The van der Waals surface area contributed by atoms with Gasteiger partial charge in [-0.3, -0.25) is 0 Å². The summed E-state index contributed by atoms with van der Waals surface area (Å²) in [5.41, 5.74) is 1.01. The first kappa shape index (κ1) is 15.0. The second-order valence-electron chi connectivity index (χ2n) is 6.53. The fourth-order valence-electron chi connectivity index (χ4n) is 3.10. The minimum absolute atomic E-state index is 0.0317. The molecule has 0 amide bonds. The molecule has 2 fully saturated rings. The molecule has 1 aromatic rings. The minimum atomic E-state index is 0.0317. The summed E-state index contributed by atoms with van der Waals surface area (Å²) in [6, 6.07) is 8.24. The Kier molecular flexibility index (Phi) is 4.23. The quantitative estimate of drug-likeness (QED) is 0.795. The van der Waals surface area contributed by atoms with Crippen molar-refractivity contribution in [1.82, 2.24) is 16.0 Å². The third kappa shape index (κ3) is 3.67. The van der Waals surface area contributed by atoms with Crippen molar-refractivity contribution in [3.05, 3.63) is 34.9 Å². The highest BCUT2D eigenvalue weighted by molar-refractivity contribution is 6.31. The lowest BCUT2D eigenvalue weighted by Gasteiger charge is -2.28. The average molecular weight is 332 g/mol. The highest BCUT2D eigenvalue weighted by Crippen LogP contribution is 2.36. The lowest BCUT2D eigenvalue weighted by molar-refractivity contribution is 0.427. The zero-order chi connectivity index (χ0) is 15.6. The number of hydrogen-bond donors (Lipinski definition) is 3. The number of benzene rings is 1. The Hall–Kier alpha value is -1.59. The summed E-state index contributed by atoms with van der Waals surface area (Å²) in [6.07, 6.45) is 4.85. The number of rotatable bonds is 3. The van der Waals surface area contributed by atoms with Gasteiger partial charge in [0.05, 0.1) is 0 Å². The van der Waals surface area contributed by atoms with Crippen LogP contribution in [0.2, 0.25) is 5.02 Å². The number of piperidine rings is 1. The Morgan fingerprint density at radius 3 is 2.83 bits per heavy atom. The van der Waals surface area contributed by atoms with Gasteiger partial charge in [-0.05, 0) is 44.4 Å². The van der Waals surface area contributed by atoms with Crippen molar-refractivity contribution >= 4 is 23.4 Å². The molecule has 5 nitrogen and oxygen atoms in total. The smallest absolute Gasteiger partial charge is 0.199 e. The van der Waals surface area contributed by atoms with E-state index in [0.29, 0.717) is 12.0 Å². The predicted molar refractivity (Wildman–Crippen MR) is 94.1 cm³/mol. The van der Waals surface area contributed by atoms with Gasteiger partial charge in [-0.2, -0.15) is 0 Å². The Morgan fingerprint density at radius 2 is 2.09 bits per heavy atom. The van der Waals surface area contributed by atoms with Gasteiger partial charge >= 0.3 is 0 Å². The summed E-state index contributed by atoms with van der Waals surface area (Å²) in [5, 5.41) is 11.1. The monoisotopic (exact) mass is 331 g/mol. The highest BCUT2D eigenvalue weighted by Gasteiger charge is 2.34. The van der Waals surface area contributed by atoms with Crippen molar-refractivity contribution < 1.29 is 0 Å². The fourth-order valence-corrected chi connectivity index (χ4v) is 3.29. The summed E-state index contributed by atoms with van der Waals surface area (Å²) in [6.45, 7) is 2.09.